The molecular weight excluding hydrogens is 148 g/mol. The molecule has 0 saturated heterocycles. The van der Waals surface area contributed by atoms with Crippen LogP contribution in [-0.4, -0.2) is 0 Å². The highest BCUT2D eigenvalue weighted by Crippen LogP contribution is 2.16. The molecule has 0 amide bonds. The van der Waals surface area contributed by atoms with E-state index in [2.05, 4.69) is 19.6 Å². The van der Waals surface area contributed by atoms with Gasteiger partial charge >= 0.3 is 0 Å². The van der Waals surface area contributed by atoms with Gasteiger partial charge < -0.3 is 4.42 Å². The summed E-state index contributed by atoms with van der Waals surface area (Å²) in [7, 11) is 0. The standard InChI is InChI=1S/C11H14O/c1-4-6-7-10-8-11(5-2)12-9(10)3/h4,6-8H,1,5H2,2-3H3/b7-6-. The molecule has 0 aliphatic heterocycles. The summed E-state index contributed by atoms with van der Waals surface area (Å²) in [4.78, 5) is 0. The number of hydrogen-bond donors (Lipinski definition) is 0. The van der Waals surface area contributed by atoms with Crippen LogP contribution in [0.4, 0.5) is 0 Å². The predicted molar refractivity (Wildman–Crippen MR) is 52.1 cm³/mol. The SMILES string of the molecule is C=C/C=C\c1cc(CC)oc1C. The maximum Gasteiger partial charge on any atom is 0.108 e. The smallest absolute Gasteiger partial charge is 0.108 e. The van der Waals surface area contributed by atoms with Gasteiger partial charge in [0.1, 0.15) is 11.5 Å². The molecule has 0 N–H and O–H groups in total. The molecule has 0 aliphatic rings. The molecule has 1 aromatic rings. The quantitative estimate of drug-likeness (QED) is 0.621. The van der Waals surface area contributed by atoms with Gasteiger partial charge in [-0.15, -0.1) is 0 Å². The van der Waals surface area contributed by atoms with Crippen LogP contribution in [0.2, 0.25) is 0 Å². The van der Waals surface area contributed by atoms with Crippen LogP contribution in [0.15, 0.2) is 29.2 Å². The topological polar surface area (TPSA) is 13.1 Å². The Morgan fingerprint density at radius 1 is 1.58 bits per heavy atom. The first-order chi connectivity index (χ1) is 5.77. The monoisotopic (exact) mass is 162 g/mol. The van der Waals surface area contributed by atoms with Gasteiger partial charge in [-0.05, 0) is 13.0 Å². The van der Waals surface area contributed by atoms with E-state index in [1.54, 1.807) is 6.08 Å². The molecule has 0 unspecified atom stereocenters. The van der Waals surface area contributed by atoms with Crippen molar-refractivity contribution in [3.8, 4) is 0 Å². The van der Waals surface area contributed by atoms with Crippen LogP contribution in [0.25, 0.3) is 6.08 Å². The van der Waals surface area contributed by atoms with Crippen molar-refractivity contribution in [2.75, 3.05) is 0 Å². The second-order valence-electron chi connectivity index (χ2n) is 2.67. The zero-order valence-electron chi connectivity index (χ0n) is 7.63. The van der Waals surface area contributed by atoms with Crippen LogP contribution < -0.4 is 0 Å². The largest absolute Gasteiger partial charge is 0.466 e. The summed E-state index contributed by atoms with van der Waals surface area (Å²) in [5.41, 5.74) is 1.15. The number of rotatable bonds is 3. The van der Waals surface area contributed by atoms with E-state index in [0.717, 1.165) is 23.5 Å². The summed E-state index contributed by atoms with van der Waals surface area (Å²) in [6.45, 7) is 7.67. The normalized spacial score (nSPS) is 10.8. The Morgan fingerprint density at radius 3 is 2.83 bits per heavy atom. The second kappa shape index (κ2) is 3.96. The van der Waals surface area contributed by atoms with E-state index in [4.69, 9.17) is 4.42 Å². The zero-order chi connectivity index (χ0) is 8.97. The summed E-state index contributed by atoms with van der Waals surface area (Å²) < 4.78 is 5.48. The Morgan fingerprint density at radius 2 is 2.33 bits per heavy atom. The Labute approximate surface area is 73.4 Å². The lowest BCUT2D eigenvalue weighted by molar-refractivity contribution is 0.488. The number of allylic oxidation sites excluding steroid dienone is 2. The molecule has 1 heteroatoms. The molecule has 0 spiro atoms. The Balaban J connectivity index is 2.91. The molecule has 1 nitrogen and oxygen atoms in total. The lowest BCUT2D eigenvalue weighted by Gasteiger charge is -1.85. The molecule has 1 heterocycles. The lowest BCUT2D eigenvalue weighted by atomic mass is 10.2. The van der Waals surface area contributed by atoms with E-state index in [-0.39, 0.29) is 0 Å². The predicted octanol–water partition coefficient (Wildman–Crippen LogP) is 3.35. The summed E-state index contributed by atoms with van der Waals surface area (Å²) >= 11 is 0. The van der Waals surface area contributed by atoms with Crippen LogP contribution in [-0.2, 0) is 6.42 Å². The van der Waals surface area contributed by atoms with Crippen LogP contribution in [0.5, 0.6) is 0 Å². The van der Waals surface area contributed by atoms with E-state index in [9.17, 15) is 0 Å². The first kappa shape index (κ1) is 8.85. The van der Waals surface area contributed by atoms with Crippen LogP contribution in [0.3, 0.4) is 0 Å². The van der Waals surface area contributed by atoms with E-state index in [1.165, 1.54) is 0 Å². The molecule has 0 fully saturated rings. The maximum atomic E-state index is 5.48. The molecule has 0 atom stereocenters. The van der Waals surface area contributed by atoms with E-state index in [1.807, 2.05) is 19.1 Å². The van der Waals surface area contributed by atoms with Gasteiger partial charge in [0.25, 0.3) is 0 Å². The van der Waals surface area contributed by atoms with Gasteiger partial charge in [0.05, 0.1) is 0 Å². The second-order valence-corrected chi connectivity index (χ2v) is 2.67. The summed E-state index contributed by atoms with van der Waals surface area (Å²) in [5, 5.41) is 0. The fourth-order valence-corrected chi connectivity index (χ4v) is 1.07. The molecule has 1 rings (SSSR count). The van der Waals surface area contributed by atoms with Crippen molar-refractivity contribution in [1.29, 1.82) is 0 Å². The van der Waals surface area contributed by atoms with Gasteiger partial charge in [-0.1, -0.05) is 31.7 Å². The van der Waals surface area contributed by atoms with Crippen LogP contribution in [0.1, 0.15) is 24.0 Å². The van der Waals surface area contributed by atoms with Crippen LogP contribution >= 0.6 is 0 Å². The minimum atomic E-state index is 0.947. The number of aryl methyl sites for hydroxylation is 2. The summed E-state index contributed by atoms with van der Waals surface area (Å²) in [5.74, 6) is 2.01. The molecule has 0 aliphatic carbocycles. The minimum absolute atomic E-state index is 0.947. The van der Waals surface area contributed by atoms with Gasteiger partial charge in [0.2, 0.25) is 0 Å². The van der Waals surface area contributed by atoms with Crippen molar-refractivity contribution in [3.05, 3.63) is 41.9 Å². The van der Waals surface area contributed by atoms with Crippen molar-refractivity contribution in [1.82, 2.24) is 0 Å². The lowest BCUT2D eigenvalue weighted by Crippen LogP contribution is -1.68. The Bertz CT molecular complexity index is 292. The zero-order valence-corrected chi connectivity index (χ0v) is 7.63. The van der Waals surface area contributed by atoms with Gasteiger partial charge in [-0.25, -0.2) is 0 Å². The van der Waals surface area contributed by atoms with Gasteiger partial charge in [-0.2, -0.15) is 0 Å². The van der Waals surface area contributed by atoms with E-state index in [0.29, 0.717) is 0 Å². The van der Waals surface area contributed by atoms with Crippen molar-refractivity contribution < 1.29 is 4.42 Å². The van der Waals surface area contributed by atoms with Gasteiger partial charge in [0.15, 0.2) is 0 Å². The molecule has 0 aromatic carbocycles. The molecule has 1 aromatic heterocycles. The van der Waals surface area contributed by atoms with Crippen molar-refractivity contribution in [2.45, 2.75) is 20.3 Å². The first-order valence-electron chi connectivity index (χ1n) is 4.16. The van der Waals surface area contributed by atoms with Crippen LogP contribution in [0, 0.1) is 6.92 Å². The molecule has 64 valence electrons. The highest BCUT2D eigenvalue weighted by molar-refractivity contribution is 5.53. The minimum Gasteiger partial charge on any atom is -0.466 e. The first-order valence-corrected chi connectivity index (χ1v) is 4.16. The summed E-state index contributed by atoms with van der Waals surface area (Å²) in [6, 6.07) is 2.06. The number of hydrogen-bond acceptors (Lipinski definition) is 1. The Kier molecular flexibility index (Phi) is 2.92. The van der Waals surface area contributed by atoms with Crippen molar-refractivity contribution in [3.63, 3.8) is 0 Å². The summed E-state index contributed by atoms with van der Waals surface area (Å²) in [6.07, 6.45) is 6.63. The highest BCUT2D eigenvalue weighted by atomic mass is 16.3. The fourth-order valence-electron chi connectivity index (χ4n) is 1.07. The average Bonchev–Trinajstić information content (AvgIpc) is 2.43. The molecule has 12 heavy (non-hydrogen) atoms. The molecular formula is C11H14O. The van der Waals surface area contributed by atoms with E-state index >= 15 is 0 Å². The van der Waals surface area contributed by atoms with Crippen molar-refractivity contribution >= 4 is 6.08 Å². The molecule has 0 radical (unpaired) electrons. The maximum absolute atomic E-state index is 5.48. The van der Waals surface area contributed by atoms with Gasteiger partial charge in [-0.3, -0.25) is 0 Å². The third-order valence-corrected chi connectivity index (χ3v) is 1.77. The fraction of sp³-hybridized carbons (Fsp3) is 0.273. The molecule has 0 saturated carbocycles. The van der Waals surface area contributed by atoms with Crippen molar-refractivity contribution in [2.24, 2.45) is 0 Å². The number of furan rings is 1. The van der Waals surface area contributed by atoms with E-state index < -0.39 is 0 Å². The molecule has 0 bridgehead atoms. The average molecular weight is 162 g/mol. The Hall–Kier alpha value is -1.24. The third-order valence-electron chi connectivity index (χ3n) is 1.77. The third kappa shape index (κ3) is 1.88. The highest BCUT2D eigenvalue weighted by Gasteiger charge is 2.01. The van der Waals surface area contributed by atoms with Gasteiger partial charge in [0, 0.05) is 12.0 Å².